The molecule has 1 aromatic heterocycles. The van der Waals surface area contributed by atoms with E-state index >= 15 is 0 Å². The van der Waals surface area contributed by atoms with Gasteiger partial charge in [0.25, 0.3) is 0 Å². The van der Waals surface area contributed by atoms with Gasteiger partial charge in [0, 0.05) is 4.90 Å². The minimum Gasteiger partial charge on any atom is -0.235 e. The molecule has 2 aromatic rings. The molecule has 0 unspecified atom stereocenters. The van der Waals surface area contributed by atoms with Crippen LogP contribution in [0.1, 0.15) is 31.3 Å². The van der Waals surface area contributed by atoms with Crippen molar-refractivity contribution < 1.29 is 4.39 Å². The Hall–Kier alpha value is -0.650. The fourth-order valence-electron chi connectivity index (χ4n) is 1.63. The molecule has 2 rings (SSSR count). The molecule has 0 amide bonds. The Morgan fingerprint density at radius 3 is 2.75 bits per heavy atom. The van der Waals surface area contributed by atoms with E-state index in [9.17, 15) is 4.39 Å². The zero-order chi connectivity index (χ0) is 14.7. The second-order valence-corrected chi connectivity index (χ2v) is 6.73. The third-order valence-corrected chi connectivity index (χ3v) is 4.87. The Balaban J connectivity index is 2.18. The summed E-state index contributed by atoms with van der Waals surface area (Å²) in [6.07, 6.45) is 0. The fourth-order valence-corrected chi connectivity index (χ4v) is 3.26. The Bertz CT molecular complexity index is 622. The van der Waals surface area contributed by atoms with E-state index in [0.717, 1.165) is 15.1 Å². The third-order valence-electron chi connectivity index (χ3n) is 2.59. The van der Waals surface area contributed by atoms with Gasteiger partial charge in [0.2, 0.25) is 0 Å². The van der Waals surface area contributed by atoms with Gasteiger partial charge in [-0.05, 0) is 40.0 Å². The first kappa shape index (κ1) is 15.7. The van der Waals surface area contributed by atoms with Crippen molar-refractivity contribution in [2.45, 2.75) is 30.4 Å². The topological polar surface area (TPSA) is 25.8 Å². The molecule has 0 atom stereocenters. The molecule has 0 fully saturated rings. The van der Waals surface area contributed by atoms with E-state index < -0.39 is 0 Å². The van der Waals surface area contributed by atoms with Crippen LogP contribution in [0, 0.1) is 5.82 Å². The van der Waals surface area contributed by atoms with Gasteiger partial charge in [0.1, 0.15) is 16.8 Å². The molecule has 0 radical (unpaired) electrons. The molecule has 0 saturated carbocycles. The van der Waals surface area contributed by atoms with Gasteiger partial charge in [-0.3, -0.25) is 0 Å². The molecule has 0 aliphatic carbocycles. The average molecular weight is 376 g/mol. The fraction of sp³-hybridized carbons (Fsp3) is 0.286. The molecule has 1 aromatic carbocycles. The molecular formula is C14H13BrClFN2S. The van der Waals surface area contributed by atoms with Crippen molar-refractivity contribution in [2.75, 3.05) is 0 Å². The van der Waals surface area contributed by atoms with E-state index in [2.05, 4.69) is 25.9 Å². The Morgan fingerprint density at radius 2 is 2.10 bits per heavy atom. The van der Waals surface area contributed by atoms with Crippen LogP contribution < -0.4 is 0 Å². The predicted octanol–water partition coefficient (Wildman–Crippen LogP) is 5.45. The summed E-state index contributed by atoms with van der Waals surface area (Å²) in [5, 5.41) is 0.415. The van der Waals surface area contributed by atoms with Crippen molar-refractivity contribution in [3.63, 3.8) is 0 Å². The van der Waals surface area contributed by atoms with Gasteiger partial charge in [0.05, 0.1) is 15.9 Å². The second kappa shape index (κ2) is 6.87. The number of hydrogen-bond acceptors (Lipinski definition) is 3. The number of halogens is 3. The molecule has 6 heteroatoms. The molecule has 0 N–H and O–H groups in total. The molecule has 0 aliphatic rings. The largest absolute Gasteiger partial charge is 0.235 e. The van der Waals surface area contributed by atoms with Crippen LogP contribution in [0.15, 0.2) is 33.6 Å². The maximum atomic E-state index is 13.1. The monoisotopic (exact) mass is 374 g/mol. The minimum atomic E-state index is -0.243. The minimum absolute atomic E-state index is 0.243. The van der Waals surface area contributed by atoms with Crippen LogP contribution in [0.5, 0.6) is 0 Å². The number of hydrogen-bond donors (Lipinski definition) is 0. The van der Waals surface area contributed by atoms with Crippen molar-refractivity contribution in [1.82, 2.24) is 9.97 Å². The summed E-state index contributed by atoms with van der Waals surface area (Å²) in [6.45, 7) is 4.10. The average Bonchev–Trinajstić information content (AvgIpc) is 2.39. The first-order valence-electron chi connectivity index (χ1n) is 6.07. The van der Waals surface area contributed by atoms with Gasteiger partial charge in [-0.25, -0.2) is 14.4 Å². The van der Waals surface area contributed by atoms with Crippen LogP contribution >= 0.6 is 39.3 Å². The van der Waals surface area contributed by atoms with Gasteiger partial charge in [-0.15, -0.1) is 11.8 Å². The van der Waals surface area contributed by atoms with Crippen LogP contribution in [0.3, 0.4) is 0 Å². The third kappa shape index (κ3) is 3.93. The van der Waals surface area contributed by atoms with E-state index in [1.807, 2.05) is 19.9 Å². The smallest absolute Gasteiger partial charge is 0.147 e. The van der Waals surface area contributed by atoms with E-state index in [1.165, 1.54) is 23.9 Å². The highest BCUT2D eigenvalue weighted by atomic mass is 79.9. The van der Waals surface area contributed by atoms with Crippen molar-refractivity contribution >= 4 is 39.3 Å². The van der Waals surface area contributed by atoms with Gasteiger partial charge in [-0.2, -0.15) is 0 Å². The number of nitrogens with zero attached hydrogens (tertiary/aromatic N) is 2. The van der Waals surface area contributed by atoms with Crippen LogP contribution in [0.25, 0.3) is 0 Å². The summed E-state index contributed by atoms with van der Waals surface area (Å²) < 4.78 is 13.9. The lowest BCUT2D eigenvalue weighted by Gasteiger charge is -2.10. The maximum absolute atomic E-state index is 13.1. The molecule has 0 spiro atoms. The first-order valence-corrected chi connectivity index (χ1v) is 8.23. The van der Waals surface area contributed by atoms with Crippen molar-refractivity contribution in [1.29, 1.82) is 0 Å². The summed E-state index contributed by atoms with van der Waals surface area (Å²) in [5.41, 5.74) is 0.889. The molecule has 20 heavy (non-hydrogen) atoms. The lowest BCUT2D eigenvalue weighted by atomic mass is 10.1. The lowest BCUT2D eigenvalue weighted by Crippen LogP contribution is -2.02. The zero-order valence-corrected chi connectivity index (χ0v) is 14.2. The molecule has 0 bridgehead atoms. The molecule has 1 heterocycles. The molecule has 2 nitrogen and oxygen atoms in total. The van der Waals surface area contributed by atoms with E-state index in [1.54, 1.807) is 6.07 Å². The zero-order valence-electron chi connectivity index (χ0n) is 11.0. The summed E-state index contributed by atoms with van der Waals surface area (Å²) >= 11 is 11.0. The Morgan fingerprint density at radius 1 is 1.35 bits per heavy atom. The van der Waals surface area contributed by atoms with Crippen LogP contribution in [-0.2, 0) is 5.75 Å². The van der Waals surface area contributed by atoms with Gasteiger partial charge in [0.15, 0.2) is 0 Å². The summed E-state index contributed by atoms with van der Waals surface area (Å²) in [7, 11) is 0. The van der Waals surface area contributed by atoms with Crippen LogP contribution in [0.4, 0.5) is 4.39 Å². The lowest BCUT2D eigenvalue weighted by molar-refractivity contribution is 0.624. The second-order valence-electron chi connectivity index (χ2n) is 4.53. The van der Waals surface area contributed by atoms with Crippen molar-refractivity contribution in [2.24, 2.45) is 0 Å². The standard InChI is InChI=1S/C14H13BrClFN2S/c1-8(2)13-12(15)14(16)19-11(18-13)7-20-10-5-3-4-9(17)6-10/h3-6,8H,7H2,1-2H3. The Labute approximate surface area is 135 Å². The van der Waals surface area contributed by atoms with Crippen LogP contribution in [0.2, 0.25) is 5.15 Å². The Kier molecular flexibility index (Phi) is 5.41. The highest BCUT2D eigenvalue weighted by Crippen LogP contribution is 2.30. The van der Waals surface area contributed by atoms with Gasteiger partial charge >= 0.3 is 0 Å². The number of benzene rings is 1. The highest BCUT2D eigenvalue weighted by molar-refractivity contribution is 9.10. The van der Waals surface area contributed by atoms with E-state index in [4.69, 9.17) is 11.6 Å². The SMILES string of the molecule is CC(C)c1nc(CSc2cccc(F)c2)nc(Cl)c1Br. The highest BCUT2D eigenvalue weighted by Gasteiger charge is 2.13. The summed E-state index contributed by atoms with van der Waals surface area (Å²) in [4.78, 5) is 9.61. The molecule has 0 saturated heterocycles. The molecule has 106 valence electrons. The quantitative estimate of drug-likeness (QED) is 0.525. The molecule has 0 aliphatic heterocycles. The summed E-state index contributed by atoms with van der Waals surface area (Å²) in [5.74, 6) is 1.21. The van der Waals surface area contributed by atoms with Crippen LogP contribution in [-0.4, -0.2) is 9.97 Å². The van der Waals surface area contributed by atoms with Gasteiger partial charge < -0.3 is 0 Å². The molecular weight excluding hydrogens is 363 g/mol. The number of rotatable bonds is 4. The summed E-state index contributed by atoms with van der Waals surface area (Å²) in [6, 6.07) is 6.46. The number of aromatic nitrogens is 2. The number of thioether (sulfide) groups is 1. The van der Waals surface area contributed by atoms with E-state index in [0.29, 0.717) is 16.7 Å². The maximum Gasteiger partial charge on any atom is 0.147 e. The normalized spacial score (nSPS) is 11.1. The van der Waals surface area contributed by atoms with E-state index in [-0.39, 0.29) is 11.7 Å². The first-order chi connectivity index (χ1) is 9.47. The van der Waals surface area contributed by atoms with Crippen molar-refractivity contribution in [3.05, 3.63) is 51.2 Å². The van der Waals surface area contributed by atoms with Crippen molar-refractivity contribution in [3.8, 4) is 0 Å². The van der Waals surface area contributed by atoms with Gasteiger partial charge in [-0.1, -0.05) is 31.5 Å². The predicted molar refractivity (Wildman–Crippen MR) is 84.8 cm³/mol.